The van der Waals surface area contributed by atoms with Crippen molar-refractivity contribution in [2.75, 3.05) is 13.2 Å². The number of thioether (sulfide) groups is 1. The molecule has 2 heterocycles. The third-order valence-electron chi connectivity index (χ3n) is 5.07. The van der Waals surface area contributed by atoms with Crippen LogP contribution in [0, 0.1) is 5.92 Å². The summed E-state index contributed by atoms with van der Waals surface area (Å²) in [7, 11) is 0. The van der Waals surface area contributed by atoms with Crippen LogP contribution >= 0.6 is 24.0 Å². The fourth-order valence-corrected chi connectivity index (χ4v) is 4.79. The van der Waals surface area contributed by atoms with Crippen LogP contribution in [-0.2, 0) is 4.79 Å². The van der Waals surface area contributed by atoms with Gasteiger partial charge in [-0.05, 0) is 54.8 Å². The monoisotopic (exact) mass is 477 g/mol. The zero-order valence-corrected chi connectivity index (χ0v) is 20.7. The van der Waals surface area contributed by atoms with Crippen molar-refractivity contribution in [3.63, 3.8) is 0 Å². The summed E-state index contributed by atoms with van der Waals surface area (Å²) in [5.74, 6) is 1.14. The molecule has 3 aromatic rings. The summed E-state index contributed by atoms with van der Waals surface area (Å²) in [5, 5.41) is 4.86. The van der Waals surface area contributed by atoms with Gasteiger partial charge in [0.15, 0.2) is 0 Å². The molecule has 170 valence electrons. The number of aromatic nitrogens is 2. The lowest BCUT2D eigenvalue weighted by Gasteiger charge is -2.16. The third kappa shape index (κ3) is 5.37. The van der Waals surface area contributed by atoms with E-state index in [0.717, 1.165) is 34.7 Å². The second kappa shape index (κ2) is 10.4. The molecule has 0 bridgehead atoms. The van der Waals surface area contributed by atoms with E-state index >= 15 is 0 Å². The molecule has 7 heteroatoms. The first kappa shape index (κ1) is 23.3. The van der Waals surface area contributed by atoms with E-state index in [1.165, 1.54) is 11.8 Å². The SMILES string of the molecule is CCCOc1ccc(-c2nn(-c3ccccc3)cc2/C=C2/SC(=S)N(CC(C)C)C2=O)cc1. The van der Waals surface area contributed by atoms with E-state index in [2.05, 4.69) is 20.8 Å². The second-order valence-corrected chi connectivity index (χ2v) is 9.95. The Morgan fingerprint density at radius 1 is 1.12 bits per heavy atom. The molecule has 1 fully saturated rings. The Morgan fingerprint density at radius 2 is 1.85 bits per heavy atom. The first-order valence-corrected chi connectivity index (χ1v) is 12.3. The van der Waals surface area contributed by atoms with E-state index in [1.54, 1.807) is 4.90 Å². The van der Waals surface area contributed by atoms with Gasteiger partial charge in [0.1, 0.15) is 10.1 Å². The lowest BCUT2D eigenvalue weighted by atomic mass is 10.1. The van der Waals surface area contributed by atoms with Gasteiger partial charge in [0.2, 0.25) is 0 Å². The molecule has 1 aliphatic rings. The van der Waals surface area contributed by atoms with Gasteiger partial charge in [0, 0.05) is 23.9 Å². The van der Waals surface area contributed by atoms with Gasteiger partial charge in [-0.15, -0.1) is 0 Å². The molecule has 0 spiro atoms. The number of carbonyl (C=O) groups is 1. The van der Waals surface area contributed by atoms with Crippen LogP contribution in [0.1, 0.15) is 32.8 Å². The number of thiocarbonyl (C=S) groups is 1. The maximum atomic E-state index is 13.0. The molecule has 1 aromatic heterocycles. The number of ether oxygens (including phenoxy) is 1. The maximum absolute atomic E-state index is 13.0. The van der Waals surface area contributed by atoms with Crippen LogP contribution in [0.25, 0.3) is 23.0 Å². The molecule has 2 aromatic carbocycles. The van der Waals surface area contributed by atoms with Crippen molar-refractivity contribution in [3.05, 3.63) is 71.3 Å². The van der Waals surface area contributed by atoms with Gasteiger partial charge in [-0.2, -0.15) is 5.10 Å². The molecule has 1 amide bonds. The highest BCUT2D eigenvalue weighted by Crippen LogP contribution is 2.35. The van der Waals surface area contributed by atoms with E-state index in [-0.39, 0.29) is 5.91 Å². The number of hydrogen-bond acceptors (Lipinski definition) is 5. The molecule has 0 unspecified atom stereocenters. The Hall–Kier alpha value is -2.90. The summed E-state index contributed by atoms with van der Waals surface area (Å²) in [6, 6.07) is 17.9. The van der Waals surface area contributed by atoms with E-state index in [1.807, 2.05) is 71.6 Å². The lowest BCUT2D eigenvalue weighted by Crippen LogP contribution is -2.31. The van der Waals surface area contributed by atoms with Crippen LogP contribution in [-0.4, -0.2) is 38.1 Å². The Kier molecular flexibility index (Phi) is 7.30. The number of hydrogen-bond donors (Lipinski definition) is 0. The van der Waals surface area contributed by atoms with E-state index in [0.29, 0.717) is 28.3 Å². The van der Waals surface area contributed by atoms with Crippen LogP contribution in [0.4, 0.5) is 0 Å². The normalized spacial score (nSPS) is 15.2. The Labute approximate surface area is 204 Å². The highest BCUT2D eigenvalue weighted by molar-refractivity contribution is 8.26. The Bertz CT molecular complexity index is 1170. The van der Waals surface area contributed by atoms with Crippen LogP contribution in [0.5, 0.6) is 5.75 Å². The summed E-state index contributed by atoms with van der Waals surface area (Å²) >= 11 is 6.83. The van der Waals surface area contributed by atoms with E-state index in [9.17, 15) is 4.79 Å². The van der Waals surface area contributed by atoms with Gasteiger partial charge in [-0.25, -0.2) is 4.68 Å². The van der Waals surface area contributed by atoms with Crippen LogP contribution in [0.3, 0.4) is 0 Å². The number of amides is 1. The molecule has 4 rings (SSSR count). The predicted octanol–water partition coefficient (Wildman–Crippen LogP) is 6.19. The fraction of sp³-hybridized carbons (Fsp3) is 0.269. The molecule has 0 aliphatic carbocycles. The smallest absolute Gasteiger partial charge is 0.266 e. The zero-order valence-electron chi connectivity index (χ0n) is 19.0. The molecule has 0 atom stereocenters. The Balaban J connectivity index is 1.72. The summed E-state index contributed by atoms with van der Waals surface area (Å²) in [4.78, 5) is 15.3. The average molecular weight is 478 g/mol. The molecule has 1 aliphatic heterocycles. The van der Waals surface area contributed by atoms with Gasteiger partial charge in [0.05, 0.1) is 22.9 Å². The number of nitrogens with zero attached hydrogens (tertiary/aromatic N) is 3. The van der Waals surface area contributed by atoms with Crippen molar-refractivity contribution in [2.24, 2.45) is 5.92 Å². The van der Waals surface area contributed by atoms with Gasteiger partial charge < -0.3 is 4.74 Å². The van der Waals surface area contributed by atoms with Crippen molar-refractivity contribution in [2.45, 2.75) is 27.2 Å². The first-order valence-electron chi connectivity index (χ1n) is 11.1. The van der Waals surface area contributed by atoms with E-state index in [4.69, 9.17) is 22.1 Å². The summed E-state index contributed by atoms with van der Waals surface area (Å²) in [6.07, 6.45) is 4.83. The number of carbonyl (C=O) groups excluding carboxylic acids is 1. The minimum Gasteiger partial charge on any atom is -0.494 e. The van der Waals surface area contributed by atoms with Gasteiger partial charge in [-0.3, -0.25) is 9.69 Å². The van der Waals surface area contributed by atoms with Crippen LogP contribution < -0.4 is 4.74 Å². The third-order valence-corrected chi connectivity index (χ3v) is 6.45. The van der Waals surface area contributed by atoms with E-state index < -0.39 is 0 Å². The highest BCUT2D eigenvalue weighted by atomic mass is 32.2. The quantitative estimate of drug-likeness (QED) is 0.286. The first-order chi connectivity index (χ1) is 16.0. The van der Waals surface area contributed by atoms with Gasteiger partial charge >= 0.3 is 0 Å². The van der Waals surface area contributed by atoms with Crippen LogP contribution in [0.2, 0.25) is 0 Å². The van der Waals surface area contributed by atoms with Crippen molar-refractivity contribution in [1.29, 1.82) is 0 Å². The van der Waals surface area contributed by atoms with Crippen molar-refractivity contribution >= 4 is 40.3 Å². The molecular formula is C26H27N3O2S2. The van der Waals surface area contributed by atoms with Gasteiger partial charge in [-0.1, -0.05) is 63.0 Å². The molecule has 0 saturated carbocycles. The summed E-state index contributed by atoms with van der Waals surface area (Å²) in [6.45, 7) is 7.56. The lowest BCUT2D eigenvalue weighted by molar-refractivity contribution is -0.122. The van der Waals surface area contributed by atoms with Crippen molar-refractivity contribution in [1.82, 2.24) is 14.7 Å². The molecule has 0 N–H and O–H groups in total. The topological polar surface area (TPSA) is 47.4 Å². The largest absolute Gasteiger partial charge is 0.494 e. The van der Waals surface area contributed by atoms with Crippen molar-refractivity contribution < 1.29 is 9.53 Å². The summed E-state index contributed by atoms with van der Waals surface area (Å²) in [5.41, 5.74) is 3.58. The fourth-order valence-electron chi connectivity index (χ4n) is 3.52. The highest BCUT2D eigenvalue weighted by Gasteiger charge is 2.32. The minimum atomic E-state index is -0.0413. The number of benzene rings is 2. The maximum Gasteiger partial charge on any atom is 0.266 e. The van der Waals surface area contributed by atoms with Crippen LogP contribution in [0.15, 0.2) is 65.7 Å². The Morgan fingerprint density at radius 3 is 2.52 bits per heavy atom. The second-order valence-electron chi connectivity index (χ2n) is 8.27. The van der Waals surface area contributed by atoms with Gasteiger partial charge in [0.25, 0.3) is 5.91 Å². The average Bonchev–Trinajstić information content (AvgIpc) is 3.35. The summed E-state index contributed by atoms with van der Waals surface area (Å²) < 4.78 is 8.17. The molecular weight excluding hydrogens is 450 g/mol. The number of para-hydroxylation sites is 1. The molecule has 0 radical (unpaired) electrons. The molecule has 33 heavy (non-hydrogen) atoms. The molecule has 1 saturated heterocycles. The minimum absolute atomic E-state index is 0.0413. The standard InChI is InChI=1S/C26H27N3O2S2/c1-4-14-31-22-12-10-19(11-13-22)24-20(17-29(27-24)21-8-6-5-7-9-21)15-23-25(30)28(16-18(2)3)26(32)33-23/h5-13,15,17-18H,4,14,16H2,1-3H3/b23-15+. The predicted molar refractivity (Wildman–Crippen MR) is 140 cm³/mol. The number of rotatable bonds is 8. The molecule has 5 nitrogen and oxygen atoms in total. The zero-order chi connectivity index (χ0) is 23.4. The van der Waals surface area contributed by atoms with Crippen molar-refractivity contribution in [3.8, 4) is 22.7 Å².